The van der Waals surface area contributed by atoms with Gasteiger partial charge in [-0.25, -0.2) is 18.4 Å². The SMILES string of the molecule is O=C(O)C(F)(F)F.O=C(O)C1(n2cc(C3CCOC3)cn2)CCC(F)(F)CC1. The molecule has 1 aliphatic carbocycles. The summed E-state index contributed by atoms with van der Waals surface area (Å²) >= 11 is 0. The van der Waals surface area contributed by atoms with Gasteiger partial charge in [-0.1, -0.05) is 0 Å². The largest absolute Gasteiger partial charge is 0.490 e. The lowest BCUT2D eigenvalue weighted by Gasteiger charge is -2.36. The second-order valence-electron chi connectivity index (χ2n) is 6.77. The van der Waals surface area contributed by atoms with E-state index in [4.69, 9.17) is 14.6 Å². The minimum Gasteiger partial charge on any atom is -0.479 e. The van der Waals surface area contributed by atoms with Crippen LogP contribution in [-0.4, -0.2) is 57.2 Å². The summed E-state index contributed by atoms with van der Waals surface area (Å²) in [6.45, 7) is 1.29. The van der Waals surface area contributed by atoms with Crippen LogP contribution in [0.25, 0.3) is 0 Å². The van der Waals surface area contributed by atoms with Crippen LogP contribution in [0.3, 0.4) is 0 Å². The van der Waals surface area contributed by atoms with Gasteiger partial charge in [-0.05, 0) is 24.8 Å². The zero-order valence-corrected chi connectivity index (χ0v) is 14.6. The number of hydrogen-bond donors (Lipinski definition) is 2. The maximum Gasteiger partial charge on any atom is 0.490 e. The van der Waals surface area contributed by atoms with Crippen molar-refractivity contribution < 1.29 is 46.5 Å². The van der Waals surface area contributed by atoms with Crippen LogP contribution in [0.4, 0.5) is 22.0 Å². The first kappa shape index (κ1) is 22.1. The van der Waals surface area contributed by atoms with Gasteiger partial charge in [0, 0.05) is 31.6 Å². The van der Waals surface area contributed by atoms with Crippen LogP contribution in [0.1, 0.15) is 43.6 Å². The zero-order valence-electron chi connectivity index (χ0n) is 14.6. The average molecular weight is 414 g/mol. The average Bonchev–Trinajstić information content (AvgIpc) is 3.26. The molecule has 2 N–H and O–H groups in total. The molecule has 0 spiro atoms. The number of aliphatic carboxylic acids is 2. The summed E-state index contributed by atoms with van der Waals surface area (Å²) in [6, 6.07) is 0. The molecule has 2 fully saturated rings. The minimum atomic E-state index is -5.08. The highest BCUT2D eigenvalue weighted by molar-refractivity contribution is 5.76. The second kappa shape index (κ2) is 8.02. The number of aromatic nitrogens is 2. The molecule has 0 radical (unpaired) electrons. The Balaban J connectivity index is 0.000000345. The van der Waals surface area contributed by atoms with Gasteiger partial charge in [0.15, 0.2) is 5.54 Å². The fraction of sp³-hybridized carbons (Fsp3) is 0.688. The van der Waals surface area contributed by atoms with Gasteiger partial charge in [-0.3, -0.25) is 4.68 Å². The number of halogens is 5. The summed E-state index contributed by atoms with van der Waals surface area (Å²) in [5.74, 6) is -6.40. The van der Waals surface area contributed by atoms with Crippen LogP contribution < -0.4 is 0 Å². The van der Waals surface area contributed by atoms with Gasteiger partial charge < -0.3 is 14.9 Å². The Kier molecular flexibility index (Phi) is 6.31. The van der Waals surface area contributed by atoms with Crippen molar-refractivity contribution in [3.8, 4) is 0 Å². The fourth-order valence-corrected chi connectivity index (χ4v) is 3.15. The Morgan fingerprint density at radius 3 is 2.18 bits per heavy atom. The number of carbonyl (C=O) groups is 2. The fourth-order valence-electron chi connectivity index (χ4n) is 3.15. The molecule has 1 saturated carbocycles. The van der Waals surface area contributed by atoms with Crippen molar-refractivity contribution >= 4 is 11.9 Å². The number of alkyl halides is 5. The lowest BCUT2D eigenvalue weighted by molar-refractivity contribution is -0.192. The summed E-state index contributed by atoms with van der Waals surface area (Å²) in [5, 5.41) is 20.8. The van der Waals surface area contributed by atoms with E-state index in [1.807, 2.05) is 0 Å². The molecule has 7 nitrogen and oxygen atoms in total. The van der Waals surface area contributed by atoms with Crippen molar-refractivity contribution in [2.75, 3.05) is 13.2 Å². The molecule has 1 aliphatic heterocycles. The first-order chi connectivity index (χ1) is 12.9. The zero-order chi connectivity index (χ0) is 21.2. The number of carboxylic acid groups (broad SMARTS) is 2. The molecule has 158 valence electrons. The monoisotopic (exact) mass is 414 g/mol. The number of rotatable bonds is 3. The van der Waals surface area contributed by atoms with Gasteiger partial charge in [0.25, 0.3) is 0 Å². The van der Waals surface area contributed by atoms with Crippen molar-refractivity contribution in [1.29, 1.82) is 0 Å². The molecule has 0 amide bonds. The predicted molar refractivity (Wildman–Crippen MR) is 83.1 cm³/mol. The summed E-state index contributed by atoms with van der Waals surface area (Å²) in [6.07, 6.45) is -1.91. The standard InChI is InChI=1S/C14H18F2N2O3.C2HF3O2/c15-14(16)4-2-13(3-5-14,12(19)20)18-8-11(7-17-18)10-1-6-21-9-10;3-2(4,5)1(6)7/h7-8,10H,1-6,9H2,(H,19,20);(H,6,7). The first-order valence-electron chi connectivity index (χ1n) is 8.41. The van der Waals surface area contributed by atoms with E-state index >= 15 is 0 Å². The number of hydrogen-bond acceptors (Lipinski definition) is 4. The summed E-state index contributed by atoms with van der Waals surface area (Å²) in [5.41, 5.74) is -0.426. The third-order valence-electron chi connectivity index (χ3n) is 4.89. The van der Waals surface area contributed by atoms with Gasteiger partial charge in [0.1, 0.15) is 0 Å². The van der Waals surface area contributed by atoms with Crippen LogP contribution in [0.5, 0.6) is 0 Å². The van der Waals surface area contributed by atoms with Gasteiger partial charge in [0.05, 0.1) is 12.8 Å². The van der Waals surface area contributed by atoms with Crippen LogP contribution in [-0.2, 0) is 19.9 Å². The van der Waals surface area contributed by atoms with Gasteiger partial charge >= 0.3 is 18.1 Å². The van der Waals surface area contributed by atoms with Gasteiger partial charge in [-0.15, -0.1) is 0 Å². The molecule has 28 heavy (non-hydrogen) atoms. The molecule has 3 rings (SSSR count). The smallest absolute Gasteiger partial charge is 0.479 e. The van der Waals surface area contributed by atoms with Crippen LogP contribution >= 0.6 is 0 Å². The number of ether oxygens (including phenoxy) is 1. The third-order valence-corrected chi connectivity index (χ3v) is 4.89. The molecule has 0 aromatic carbocycles. The lowest BCUT2D eigenvalue weighted by atomic mass is 9.80. The van der Waals surface area contributed by atoms with Crippen LogP contribution in [0.15, 0.2) is 12.4 Å². The number of carboxylic acids is 2. The summed E-state index contributed by atoms with van der Waals surface area (Å²) in [4.78, 5) is 20.6. The Bertz CT molecular complexity index is 703. The topological polar surface area (TPSA) is 102 Å². The van der Waals surface area contributed by atoms with E-state index in [1.165, 1.54) is 4.68 Å². The molecular formula is C16H19F5N2O5. The Morgan fingerprint density at radius 2 is 1.75 bits per heavy atom. The van der Waals surface area contributed by atoms with Gasteiger partial charge in [-0.2, -0.15) is 18.3 Å². The van der Waals surface area contributed by atoms with E-state index in [0.717, 1.165) is 12.0 Å². The summed E-state index contributed by atoms with van der Waals surface area (Å²) < 4.78 is 65.1. The van der Waals surface area contributed by atoms with E-state index in [0.29, 0.717) is 13.2 Å². The van der Waals surface area contributed by atoms with E-state index in [2.05, 4.69) is 5.10 Å². The predicted octanol–water partition coefficient (Wildman–Crippen LogP) is 3.01. The van der Waals surface area contributed by atoms with Crippen molar-refractivity contribution in [3.05, 3.63) is 18.0 Å². The molecule has 2 heterocycles. The summed E-state index contributed by atoms with van der Waals surface area (Å²) in [7, 11) is 0. The Labute approximate surface area is 156 Å². The van der Waals surface area contributed by atoms with Crippen molar-refractivity contribution in [3.63, 3.8) is 0 Å². The molecular weight excluding hydrogens is 395 g/mol. The molecule has 2 aliphatic rings. The molecule has 1 unspecified atom stereocenters. The van der Waals surface area contributed by atoms with Crippen molar-refractivity contribution in [2.45, 2.75) is 55.7 Å². The highest BCUT2D eigenvalue weighted by Crippen LogP contribution is 2.43. The highest BCUT2D eigenvalue weighted by Gasteiger charge is 2.50. The molecule has 1 aromatic rings. The Morgan fingerprint density at radius 1 is 1.18 bits per heavy atom. The molecule has 1 saturated heterocycles. The molecule has 1 atom stereocenters. The van der Waals surface area contributed by atoms with Gasteiger partial charge in [0.2, 0.25) is 5.92 Å². The maximum atomic E-state index is 13.3. The quantitative estimate of drug-likeness (QED) is 0.738. The van der Waals surface area contributed by atoms with E-state index in [-0.39, 0.29) is 18.8 Å². The first-order valence-corrected chi connectivity index (χ1v) is 8.41. The van der Waals surface area contributed by atoms with Crippen LogP contribution in [0, 0.1) is 0 Å². The molecule has 12 heteroatoms. The normalized spacial score (nSPS) is 23.5. The third kappa shape index (κ3) is 4.97. The van der Waals surface area contributed by atoms with Crippen molar-refractivity contribution in [2.24, 2.45) is 0 Å². The molecule has 0 bridgehead atoms. The highest BCUT2D eigenvalue weighted by atomic mass is 19.4. The second-order valence-corrected chi connectivity index (χ2v) is 6.77. The minimum absolute atomic E-state index is 0.0996. The number of nitrogens with zero attached hydrogens (tertiary/aromatic N) is 2. The Hall–Kier alpha value is -2.24. The van der Waals surface area contributed by atoms with Crippen molar-refractivity contribution in [1.82, 2.24) is 9.78 Å². The van der Waals surface area contributed by atoms with E-state index < -0.39 is 42.4 Å². The van der Waals surface area contributed by atoms with Crippen LogP contribution in [0.2, 0.25) is 0 Å². The van der Waals surface area contributed by atoms with E-state index in [1.54, 1.807) is 12.4 Å². The molecule has 1 aromatic heterocycles. The van der Waals surface area contributed by atoms with E-state index in [9.17, 15) is 31.9 Å². The lowest BCUT2D eigenvalue weighted by Crippen LogP contribution is -2.47. The maximum absolute atomic E-state index is 13.3.